The second kappa shape index (κ2) is 3.36. The monoisotopic (exact) mass is 169 g/mol. The quantitative estimate of drug-likeness (QED) is 0.663. The van der Waals surface area contributed by atoms with Crippen molar-refractivity contribution in [3.8, 4) is 0 Å². The lowest BCUT2D eigenvalue weighted by Gasteiger charge is -2.03. The zero-order chi connectivity index (χ0) is 9.14. The molecule has 0 spiro atoms. The SMILES string of the molecule is CC(N)Cn1cc(C(=O)O)cn1. The van der Waals surface area contributed by atoms with E-state index in [9.17, 15) is 4.79 Å². The fourth-order valence-corrected chi connectivity index (χ4v) is 0.869. The molecule has 3 N–H and O–H groups in total. The van der Waals surface area contributed by atoms with Crippen LogP contribution in [0.25, 0.3) is 0 Å². The smallest absolute Gasteiger partial charge is 0.338 e. The fourth-order valence-electron chi connectivity index (χ4n) is 0.869. The summed E-state index contributed by atoms with van der Waals surface area (Å²) in [6.07, 6.45) is 2.77. The molecule has 0 radical (unpaired) electrons. The van der Waals surface area contributed by atoms with E-state index >= 15 is 0 Å². The summed E-state index contributed by atoms with van der Waals surface area (Å²) in [5.74, 6) is -0.967. The van der Waals surface area contributed by atoms with Gasteiger partial charge in [-0.25, -0.2) is 4.79 Å². The number of carbonyl (C=O) groups is 1. The molecule has 1 aromatic rings. The Hall–Kier alpha value is -1.36. The average Bonchev–Trinajstić information content (AvgIpc) is 2.34. The molecule has 1 rings (SSSR count). The van der Waals surface area contributed by atoms with Crippen molar-refractivity contribution in [2.75, 3.05) is 0 Å². The number of hydrogen-bond acceptors (Lipinski definition) is 3. The maximum Gasteiger partial charge on any atom is 0.338 e. The van der Waals surface area contributed by atoms with Gasteiger partial charge in [0.2, 0.25) is 0 Å². The lowest BCUT2D eigenvalue weighted by atomic mass is 10.3. The number of carboxylic acid groups (broad SMARTS) is 1. The Morgan fingerprint density at radius 1 is 1.92 bits per heavy atom. The molecule has 66 valence electrons. The third kappa shape index (κ3) is 2.06. The first-order valence-corrected chi connectivity index (χ1v) is 3.61. The molecule has 5 heteroatoms. The van der Waals surface area contributed by atoms with Gasteiger partial charge in [-0.15, -0.1) is 0 Å². The lowest BCUT2D eigenvalue weighted by molar-refractivity contribution is 0.0696. The van der Waals surface area contributed by atoms with E-state index in [0.29, 0.717) is 6.54 Å². The molecule has 1 heterocycles. The summed E-state index contributed by atoms with van der Waals surface area (Å²) in [5.41, 5.74) is 5.69. The van der Waals surface area contributed by atoms with Crippen LogP contribution < -0.4 is 5.73 Å². The molecule has 12 heavy (non-hydrogen) atoms. The van der Waals surface area contributed by atoms with Crippen molar-refractivity contribution in [3.05, 3.63) is 18.0 Å². The van der Waals surface area contributed by atoms with Crippen molar-refractivity contribution >= 4 is 5.97 Å². The molecular weight excluding hydrogens is 158 g/mol. The van der Waals surface area contributed by atoms with E-state index in [1.54, 1.807) is 0 Å². The van der Waals surface area contributed by atoms with Gasteiger partial charge >= 0.3 is 5.97 Å². The summed E-state index contributed by atoms with van der Waals surface area (Å²) < 4.78 is 1.52. The average molecular weight is 169 g/mol. The number of aromatic carboxylic acids is 1. The number of hydrogen-bond donors (Lipinski definition) is 2. The minimum absolute atomic E-state index is 0.0217. The lowest BCUT2D eigenvalue weighted by Crippen LogP contribution is -2.22. The van der Waals surface area contributed by atoms with Crippen LogP contribution in [-0.4, -0.2) is 26.9 Å². The normalized spacial score (nSPS) is 12.8. The van der Waals surface area contributed by atoms with E-state index in [0.717, 1.165) is 0 Å². The van der Waals surface area contributed by atoms with Gasteiger partial charge in [0.05, 0.1) is 18.3 Å². The number of aromatic nitrogens is 2. The van der Waals surface area contributed by atoms with Gasteiger partial charge in [-0.05, 0) is 6.92 Å². The molecule has 0 aliphatic carbocycles. The summed E-state index contributed by atoms with van der Waals surface area (Å²) in [6.45, 7) is 2.37. The second-order valence-corrected chi connectivity index (χ2v) is 2.73. The van der Waals surface area contributed by atoms with Gasteiger partial charge in [-0.1, -0.05) is 0 Å². The van der Waals surface area contributed by atoms with Crippen molar-refractivity contribution in [3.63, 3.8) is 0 Å². The van der Waals surface area contributed by atoms with Gasteiger partial charge in [-0.2, -0.15) is 5.10 Å². The van der Waals surface area contributed by atoms with Crippen LogP contribution in [-0.2, 0) is 6.54 Å². The zero-order valence-corrected chi connectivity index (χ0v) is 6.77. The molecule has 0 amide bonds. The molecule has 0 saturated carbocycles. The van der Waals surface area contributed by atoms with E-state index in [1.165, 1.54) is 17.1 Å². The zero-order valence-electron chi connectivity index (χ0n) is 6.77. The van der Waals surface area contributed by atoms with Crippen molar-refractivity contribution in [2.24, 2.45) is 5.73 Å². The maximum atomic E-state index is 10.4. The Morgan fingerprint density at radius 2 is 2.58 bits per heavy atom. The van der Waals surface area contributed by atoms with Crippen LogP contribution in [0.4, 0.5) is 0 Å². The van der Waals surface area contributed by atoms with Crippen LogP contribution in [0, 0.1) is 0 Å². The summed E-state index contributed by atoms with van der Waals surface area (Å²) in [4.78, 5) is 10.4. The molecular formula is C7H11N3O2. The Balaban J connectivity index is 2.71. The molecule has 0 aliphatic rings. The van der Waals surface area contributed by atoms with Gasteiger partial charge < -0.3 is 10.8 Å². The van der Waals surface area contributed by atoms with Crippen LogP contribution in [0.3, 0.4) is 0 Å². The van der Waals surface area contributed by atoms with Gasteiger partial charge in [0.1, 0.15) is 0 Å². The van der Waals surface area contributed by atoms with Crippen LogP contribution in [0.2, 0.25) is 0 Å². The second-order valence-electron chi connectivity index (χ2n) is 2.73. The fraction of sp³-hybridized carbons (Fsp3) is 0.429. The molecule has 1 atom stereocenters. The highest BCUT2D eigenvalue weighted by Crippen LogP contribution is 1.97. The first kappa shape index (κ1) is 8.73. The highest BCUT2D eigenvalue weighted by molar-refractivity contribution is 5.86. The Morgan fingerprint density at radius 3 is 3.00 bits per heavy atom. The summed E-state index contributed by atoms with van der Waals surface area (Å²) in [5, 5.41) is 12.4. The Labute approximate surface area is 69.8 Å². The molecule has 0 saturated heterocycles. The molecule has 0 bridgehead atoms. The highest BCUT2D eigenvalue weighted by atomic mass is 16.4. The van der Waals surface area contributed by atoms with Gasteiger partial charge in [-0.3, -0.25) is 4.68 Å². The van der Waals surface area contributed by atoms with Crippen LogP contribution in [0.5, 0.6) is 0 Å². The van der Waals surface area contributed by atoms with Crippen molar-refractivity contribution in [1.29, 1.82) is 0 Å². The Bertz CT molecular complexity index is 280. The minimum Gasteiger partial charge on any atom is -0.478 e. The standard InChI is InChI=1S/C7H11N3O2/c1-5(8)3-10-4-6(2-9-10)7(11)12/h2,4-5H,3,8H2,1H3,(H,11,12). The molecule has 0 aromatic carbocycles. The van der Waals surface area contributed by atoms with E-state index < -0.39 is 5.97 Å². The summed E-state index contributed by atoms with van der Waals surface area (Å²) >= 11 is 0. The van der Waals surface area contributed by atoms with Crippen molar-refractivity contribution < 1.29 is 9.90 Å². The van der Waals surface area contributed by atoms with Crippen molar-refractivity contribution in [2.45, 2.75) is 19.5 Å². The summed E-state index contributed by atoms with van der Waals surface area (Å²) in [6, 6.07) is -0.0217. The largest absolute Gasteiger partial charge is 0.478 e. The van der Waals surface area contributed by atoms with E-state index in [2.05, 4.69) is 5.10 Å². The van der Waals surface area contributed by atoms with E-state index in [4.69, 9.17) is 10.8 Å². The highest BCUT2D eigenvalue weighted by Gasteiger charge is 2.06. The van der Waals surface area contributed by atoms with Gasteiger partial charge in [0.15, 0.2) is 0 Å². The molecule has 1 unspecified atom stereocenters. The van der Waals surface area contributed by atoms with Crippen LogP contribution in [0.15, 0.2) is 12.4 Å². The van der Waals surface area contributed by atoms with Crippen LogP contribution in [0.1, 0.15) is 17.3 Å². The first-order valence-electron chi connectivity index (χ1n) is 3.61. The topological polar surface area (TPSA) is 81.1 Å². The van der Waals surface area contributed by atoms with Crippen molar-refractivity contribution in [1.82, 2.24) is 9.78 Å². The Kier molecular flexibility index (Phi) is 2.44. The maximum absolute atomic E-state index is 10.4. The predicted molar refractivity (Wildman–Crippen MR) is 42.8 cm³/mol. The third-order valence-electron chi connectivity index (χ3n) is 1.36. The molecule has 1 aromatic heterocycles. The van der Waals surface area contributed by atoms with E-state index in [1.807, 2.05) is 6.92 Å². The molecule has 0 fully saturated rings. The van der Waals surface area contributed by atoms with Crippen LogP contribution >= 0.6 is 0 Å². The number of nitrogens with zero attached hydrogens (tertiary/aromatic N) is 2. The summed E-state index contributed by atoms with van der Waals surface area (Å²) in [7, 11) is 0. The third-order valence-corrected chi connectivity index (χ3v) is 1.36. The first-order chi connectivity index (χ1) is 5.59. The predicted octanol–water partition coefficient (Wildman–Crippen LogP) is -0.0715. The van der Waals surface area contributed by atoms with Gasteiger partial charge in [0.25, 0.3) is 0 Å². The number of nitrogens with two attached hydrogens (primary N) is 1. The molecule has 5 nitrogen and oxygen atoms in total. The minimum atomic E-state index is -0.967. The van der Waals surface area contributed by atoms with Gasteiger partial charge in [0, 0.05) is 12.2 Å². The number of rotatable bonds is 3. The van der Waals surface area contributed by atoms with E-state index in [-0.39, 0.29) is 11.6 Å². The molecule has 0 aliphatic heterocycles. The number of carboxylic acids is 1.